The van der Waals surface area contributed by atoms with Crippen LogP contribution in [0.1, 0.15) is 51.8 Å². The van der Waals surface area contributed by atoms with Crippen molar-refractivity contribution in [3.8, 4) is 22.5 Å². The topological polar surface area (TPSA) is 51.6 Å². The molecule has 0 bridgehead atoms. The summed E-state index contributed by atoms with van der Waals surface area (Å²) < 4.78 is 0. The summed E-state index contributed by atoms with van der Waals surface area (Å²) in [6, 6.07) is 49.7. The molecule has 4 nitrogen and oxygen atoms in total. The van der Waals surface area contributed by atoms with Crippen molar-refractivity contribution in [1.29, 1.82) is 0 Å². The van der Waals surface area contributed by atoms with E-state index in [0.29, 0.717) is 0 Å². The lowest BCUT2D eigenvalue weighted by atomic mass is 9.83. The third kappa shape index (κ3) is 5.56. The first-order valence-corrected chi connectivity index (χ1v) is 18.1. The molecule has 0 aliphatic carbocycles. The van der Waals surface area contributed by atoms with Crippen LogP contribution >= 0.6 is 0 Å². The van der Waals surface area contributed by atoms with Crippen LogP contribution in [0.5, 0.6) is 0 Å². The van der Waals surface area contributed by atoms with E-state index >= 15 is 0 Å². The zero-order valence-electron chi connectivity index (χ0n) is 30.3. The van der Waals surface area contributed by atoms with E-state index in [1.54, 1.807) is 0 Å². The lowest BCUT2D eigenvalue weighted by Gasteiger charge is -2.25. The van der Waals surface area contributed by atoms with E-state index in [0.717, 1.165) is 73.2 Å². The van der Waals surface area contributed by atoms with Crippen LogP contribution in [0.25, 0.3) is 76.6 Å². The number of nitrogens with zero attached hydrogens (tertiary/aromatic N) is 4. The van der Waals surface area contributed by atoms with Gasteiger partial charge in [-0.2, -0.15) is 0 Å². The Hall–Kier alpha value is -6.00. The number of hydrogen-bond acceptors (Lipinski definition) is 4. The van der Waals surface area contributed by atoms with E-state index in [9.17, 15) is 0 Å². The fraction of sp³-hybridized carbons (Fsp3) is 0.167. The Balaban J connectivity index is 1.19. The first-order valence-electron chi connectivity index (χ1n) is 18.1. The molecule has 9 rings (SSSR count). The molecule has 4 heteroatoms. The second-order valence-corrected chi connectivity index (χ2v) is 15.7. The highest BCUT2D eigenvalue weighted by Gasteiger charge is 2.28. The number of aromatic nitrogens is 4. The van der Waals surface area contributed by atoms with E-state index in [1.807, 2.05) is 0 Å². The maximum Gasteiger partial charge on any atom is 0.135 e. The Bertz CT molecular complexity index is 2830. The third-order valence-corrected chi connectivity index (χ3v) is 10.3. The number of rotatable bonds is 5. The van der Waals surface area contributed by atoms with E-state index < -0.39 is 0 Å². The summed E-state index contributed by atoms with van der Waals surface area (Å²) in [5.41, 5.74) is 6.73. The van der Waals surface area contributed by atoms with E-state index in [-0.39, 0.29) is 10.8 Å². The van der Waals surface area contributed by atoms with Gasteiger partial charge in [0, 0.05) is 38.1 Å². The molecule has 2 heterocycles. The number of fused-ring (bicyclic) bond motifs is 7. The average Bonchev–Trinajstić information content (AvgIpc) is 3.16. The van der Waals surface area contributed by atoms with Gasteiger partial charge in [-0.05, 0) is 63.2 Å². The molecule has 0 atom stereocenters. The van der Waals surface area contributed by atoms with Gasteiger partial charge in [-0.15, -0.1) is 0 Å². The molecule has 0 amide bonds. The molecule has 0 saturated carbocycles. The van der Waals surface area contributed by atoms with E-state index in [1.165, 1.54) is 27.1 Å². The molecule has 7 aromatic carbocycles. The lowest BCUT2D eigenvalue weighted by Crippen LogP contribution is -2.24. The second kappa shape index (κ2) is 12.1. The van der Waals surface area contributed by atoms with Crippen molar-refractivity contribution >= 4 is 54.1 Å². The highest BCUT2D eigenvalue weighted by atomic mass is 14.9. The molecule has 252 valence electrons. The van der Waals surface area contributed by atoms with Crippen molar-refractivity contribution in [2.45, 2.75) is 51.9 Å². The Morgan fingerprint density at radius 1 is 0.442 bits per heavy atom. The van der Waals surface area contributed by atoms with Gasteiger partial charge in [0.25, 0.3) is 0 Å². The second-order valence-electron chi connectivity index (χ2n) is 15.7. The first kappa shape index (κ1) is 31.9. The maximum atomic E-state index is 5.38. The van der Waals surface area contributed by atoms with Gasteiger partial charge >= 0.3 is 0 Å². The van der Waals surface area contributed by atoms with Crippen molar-refractivity contribution in [1.82, 2.24) is 19.9 Å². The van der Waals surface area contributed by atoms with Crippen molar-refractivity contribution in [2.75, 3.05) is 0 Å². The predicted octanol–water partition coefficient (Wildman–Crippen LogP) is 12.2. The molecule has 0 aliphatic rings. The zero-order chi connectivity index (χ0) is 35.6. The van der Waals surface area contributed by atoms with Gasteiger partial charge in [-0.1, -0.05) is 150 Å². The molecular formula is C48H40N4. The fourth-order valence-electron chi connectivity index (χ4n) is 7.56. The summed E-state index contributed by atoms with van der Waals surface area (Å²) in [6.07, 6.45) is 0.765. The molecule has 0 radical (unpaired) electrons. The van der Waals surface area contributed by atoms with Gasteiger partial charge in [-0.25, -0.2) is 19.9 Å². The Labute approximate surface area is 304 Å². The minimum Gasteiger partial charge on any atom is -0.232 e. The summed E-state index contributed by atoms with van der Waals surface area (Å²) in [4.78, 5) is 21.2. The zero-order valence-corrected chi connectivity index (χ0v) is 30.3. The van der Waals surface area contributed by atoms with Gasteiger partial charge < -0.3 is 0 Å². The lowest BCUT2D eigenvalue weighted by molar-refractivity contribution is 0.490. The van der Waals surface area contributed by atoms with Gasteiger partial charge in [0.15, 0.2) is 0 Å². The maximum absolute atomic E-state index is 5.38. The van der Waals surface area contributed by atoms with E-state index in [4.69, 9.17) is 19.9 Å². The van der Waals surface area contributed by atoms with Gasteiger partial charge in [0.1, 0.15) is 11.6 Å². The monoisotopic (exact) mass is 672 g/mol. The largest absolute Gasteiger partial charge is 0.232 e. The normalized spacial score (nSPS) is 12.4. The van der Waals surface area contributed by atoms with Crippen molar-refractivity contribution in [2.24, 2.45) is 0 Å². The SMILES string of the molecule is CC(C)(C)c1nc(-c2ccc3ccccc3c2)c2ccc3ccc(CC(C)(C)c4nc(-c5ccccc5)c5c(ccc6ccccc65)n4)cc3c2n1. The molecule has 0 aliphatic heterocycles. The van der Waals surface area contributed by atoms with E-state index in [2.05, 4.69) is 174 Å². The number of benzene rings is 7. The molecule has 52 heavy (non-hydrogen) atoms. The molecule has 0 N–H and O–H groups in total. The van der Waals surface area contributed by atoms with Crippen LogP contribution in [0.15, 0.2) is 140 Å². The van der Waals surface area contributed by atoms with Gasteiger partial charge in [0.2, 0.25) is 0 Å². The van der Waals surface area contributed by atoms with Crippen LogP contribution < -0.4 is 0 Å². The highest BCUT2D eigenvalue weighted by molar-refractivity contribution is 6.12. The summed E-state index contributed by atoms with van der Waals surface area (Å²) in [5.74, 6) is 1.68. The van der Waals surface area contributed by atoms with Crippen molar-refractivity contribution in [3.63, 3.8) is 0 Å². The van der Waals surface area contributed by atoms with Gasteiger partial charge in [-0.3, -0.25) is 0 Å². The van der Waals surface area contributed by atoms with Crippen LogP contribution in [0.3, 0.4) is 0 Å². The molecule has 0 fully saturated rings. The fourth-order valence-corrected chi connectivity index (χ4v) is 7.56. The quantitative estimate of drug-likeness (QED) is 0.171. The third-order valence-electron chi connectivity index (χ3n) is 10.3. The first-order chi connectivity index (χ1) is 25.1. The standard InChI is InChI=1S/C48H40N4/c1-47(2,3)45-50-42(36-22-21-31-13-9-10-17-35(31)28-36)38-25-23-33-20-19-30(27-39(33)44(38)52-45)29-48(4,5)46-49-40-26-24-32-14-11-12-18-37(32)41(40)43(51-46)34-15-7-6-8-16-34/h6-28H,29H2,1-5H3. The molecular weight excluding hydrogens is 633 g/mol. The Morgan fingerprint density at radius 2 is 1.10 bits per heavy atom. The predicted molar refractivity (Wildman–Crippen MR) is 218 cm³/mol. The van der Waals surface area contributed by atoms with Crippen LogP contribution in [0, 0.1) is 0 Å². The molecule has 0 unspecified atom stereocenters. The minimum atomic E-state index is -0.358. The van der Waals surface area contributed by atoms with Crippen molar-refractivity contribution < 1.29 is 0 Å². The van der Waals surface area contributed by atoms with Gasteiger partial charge in [0.05, 0.1) is 22.4 Å². The summed E-state index contributed by atoms with van der Waals surface area (Å²) >= 11 is 0. The van der Waals surface area contributed by atoms with Crippen LogP contribution in [-0.2, 0) is 17.3 Å². The summed E-state index contributed by atoms with van der Waals surface area (Å²) in [7, 11) is 0. The van der Waals surface area contributed by atoms with Crippen LogP contribution in [-0.4, -0.2) is 19.9 Å². The summed E-state index contributed by atoms with van der Waals surface area (Å²) in [5, 5.41) is 9.24. The summed E-state index contributed by atoms with van der Waals surface area (Å²) in [6.45, 7) is 11.1. The number of hydrogen-bond donors (Lipinski definition) is 0. The van der Waals surface area contributed by atoms with Crippen molar-refractivity contribution in [3.05, 3.63) is 157 Å². The molecule has 9 aromatic rings. The minimum absolute atomic E-state index is 0.225. The average molecular weight is 673 g/mol. The molecule has 0 spiro atoms. The highest BCUT2D eigenvalue weighted by Crippen LogP contribution is 2.38. The van der Waals surface area contributed by atoms with Crippen LogP contribution in [0.4, 0.5) is 0 Å². The molecule has 2 aromatic heterocycles. The Morgan fingerprint density at radius 3 is 1.90 bits per heavy atom. The smallest absolute Gasteiger partial charge is 0.135 e. The van der Waals surface area contributed by atoms with Crippen LogP contribution in [0.2, 0.25) is 0 Å². The Kier molecular flexibility index (Phi) is 7.41. The molecule has 0 saturated heterocycles.